The van der Waals surface area contributed by atoms with Crippen LogP contribution in [-0.4, -0.2) is 58.6 Å². The fourth-order valence-corrected chi connectivity index (χ4v) is 5.52. The summed E-state index contributed by atoms with van der Waals surface area (Å²) in [5.74, 6) is 0.465. The molecule has 21 heteroatoms. The summed E-state index contributed by atoms with van der Waals surface area (Å²) in [5, 5.41) is 10.3. The van der Waals surface area contributed by atoms with Gasteiger partial charge in [0.25, 0.3) is 5.56 Å². The Morgan fingerprint density at radius 2 is 1.84 bits per heavy atom. The van der Waals surface area contributed by atoms with Crippen LogP contribution >= 0.6 is 23.5 Å². The van der Waals surface area contributed by atoms with Crippen molar-refractivity contribution < 1.29 is 60.6 Å². The normalized spacial score (nSPS) is 29.8. The smallest absolute Gasteiger partial charge is 0.387 e. The minimum Gasteiger partial charge on any atom is -0.387 e. The molecule has 2 heterocycles. The highest BCUT2D eigenvalue weighted by molar-refractivity contribution is 7.66. The summed E-state index contributed by atoms with van der Waals surface area (Å²) in [6.07, 6.45) is 0.0956. The molecule has 8 N–H and O–H groups in total. The maximum absolute atomic E-state index is 13.6. The molecule has 1 saturated heterocycles. The van der Waals surface area contributed by atoms with Gasteiger partial charge in [-0.1, -0.05) is 5.92 Å². The summed E-state index contributed by atoms with van der Waals surface area (Å²) < 4.78 is 64.2. The average Bonchev–Trinajstić information content (AvgIpc) is 2.85. The molecule has 180 valence electrons. The van der Waals surface area contributed by atoms with Crippen molar-refractivity contribution in [3.63, 3.8) is 0 Å². The van der Waals surface area contributed by atoms with Gasteiger partial charge in [-0.2, -0.15) is 13.0 Å². The summed E-state index contributed by atoms with van der Waals surface area (Å²) in [6, 6.07) is 0. The van der Waals surface area contributed by atoms with E-state index in [0.717, 1.165) is 0 Å². The van der Waals surface area contributed by atoms with E-state index >= 15 is 0 Å². The molecule has 1 aliphatic heterocycles. The highest BCUT2D eigenvalue weighted by Gasteiger charge is 2.55. The Morgan fingerprint density at radius 1 is 1.25 bits per heavy atom. The fraction of sp³-hybridized carbons (Fsp3) is 0.455. The Bertz CT molecular complexity index is 1190. The number of H-pyrrole nitrogens is 1. The Hall–Kier alpha value is -1.54. The number of hydrogen-bond donors (Lipinski definition) is 7. The summed E-state index contributed by atoms with van der Waals surface area (Å²) >= 11 is 0. The van der Waals surface area contributed by atoms with Gasteiger partial charge in [0.15, 0.2) is 11.8 Å². The molecule has 1 aromatic heterocycles. The number of hydrogen-bond acceptors (Lipinski definition) is 11. The largest absolute Gasteiger partial charge is 0.490 e. The third kappa shape index (κ3) is 6.07. The minimum absolute atomic E-state index is 0.377. The topological polar surface area (TPSA) is 270 Å². The second kappa shape index (κ2) is 9.01. The zero-order chi connectivity index (χ0) is 24.7. The number of halogens is 1. The standard InChI is InChI=1S/C11H15FN3O14P3/c1-2-11(13)7(16)6(27-9(11)15-3-5(12)8(17)14-10(15)18)4-26-31(22,23)29-32(24,25)28-30(19,20)21/h1,3,6-7,9,16H,4,13H2,(H,22,23)(H,24,25)(H,14,17,18)(H2,19,20,21)/t6-,7+,9-,11?/m1/s1. The molecule has 1 fully saturated rings. The van der Waals surface area contributed by atoms with Crippen LogP contribution in [0, 0.1) is 18.2 Å². The van der Waals surface area contributed by atoms with Gasteiger partial charge in [-0.25, -0.2) is 18.5 Å². The molecule has 32 heavy (non-hydrogen) atoms. The molecule has 6 atom stereocenters. The molecular formula is C11H15FN3O14P3. The Morgan fingerprint density at radius 3 is 2.38 bits per heavy atom. The number of nitrogens with zero attached hydrogens (tertiary/aromatic N) is 1. The number of nitrogens with one attached hydrogen (secondary N) is 1. The van der Waals surface area contributed by atoms with E-state index < -0.39 is 71.1 Å². The van der Waals surface area contributed by atoms with Crippen LogP contribution in [0.25, 0.3) is 0 Å². The molecule has 1 aromatic rings. The lowest BCUT2D eigenvalue weighted by Gasteiger charge is -2.27. The van der Waals surface area contributed by atoms with Gasteiger partial charge in [-0.15, -0.1) is 6.42 Å². The SMILES string of the molecule is C#CC1(N)[C@@H](O)[C@@H](COP(=O)(O)OP(=O)(O)OP(=O)(O)O)O[C@H]1n1cc(F)c(=O)[nH]c1=O. The maximum atomic E-state index is 13.6. The number of aliphatic hydroxyl groups excluding tert-OH is 1. The van der Waals surface area contributed by atoms with Gasteiger partial charge in [0.2, 0.25) is 5.82 Å². The third-order valence-corrected chi connectivity index (χ3v) is 7.60. The Labute approximate surface area is 176 Å². The van der Waals surface area contributed by atoms with Crippen molar-refractivity contribution >= 4 is 23.5 Å². The van der Waals surface area contributed by atoms with Crippen molar-refractivity contribution in [3.8, 4) is 12.3 Å². The summed E-state index contributed by atoms with van der Waals surface area (Å²) in [4.78, 5) is 60.2. The zero-order valence-electron chi connectivity index (χ0n) is 15.2. The zero-order valence-corrected chi connectivity index (χ0v) is 17.9. The molecular weight excluding hydrogens is 510 g/mol. The van der Waals surface area contributed by atoms with Gasteiger partial charge in [-0.05, 0) is 0 Å². The van der Waals surface area contributed by atoms with Gasteiger partial charge in [0.05, 0.1) is 12.8 Å². The molecule has 1 aliphatic rings. The van der Waals surface area contributed by atoms with E-state index in [-0.39, 0.29) is 0 Å². The van der Waals surface area contributed by atoms with Crippen LogP contribution in [0.15, 0.2) is 15.8 Å². The van der Waals surface area contributed by atoms with Crippen LogP contribution in [0.1, 0.15) is 6.23 Å². The fourth-order valence-electron chi connectivity index (χ4n) is 2.49. The monoisotopic (exact) mass is 525 g/mol. The molecule has 0 aromatic carbocycles. The lowest BCUT2D eigenvalue weighted by Crippen LogP contribution is -2.55. The second-order valence-electron chi connectivity index (χ2n) is 6.08. The average molecular weight is 525 g/mol. The summed E-state index contributed by atoms with van der Waals surface area (Å²) in [5.41, 5.74) is 0.941. The molecule has 0 spiro atoms. The molecule has 2 rings (SSSR count). The first kappa shape index (κ1) is 26.7. The van der Waals surface area contributed by atoms with Crippen LogP contribution in [0.2, 0.25) is 0 Å². The van der Waals surface area contributed by atoms with E-state index in [1.165, 1.54) is 0 Å². The first-order valence-corrected chi connectivity index (χ1v) is 12.3. The minimum atomic E-state index is -5.80. The third-order valence-electron chi connectivity index (χ3n) is 3.80. The lowest BCUT2D eigenvalue weighted by molar-refractivity contribution is -0.0471. The van der Waals surface area contributed by atoms with Crippen molar-refractivity contribution in [3.05, 3.63) is 32.9 Å². The van der Waals surface area contributed by atoms with Crippen LogP contribution < -0.4 is 17.0 Å². The molecule has 0 radical (unpaired) electrons. The van der Waals surface area contributed by atoms with Crippen molar-refractivity contribution in [1.29, 1.82) is 0 Å². The van der Waals surface area contributed by atoms with Crippen LogP contribution in [0.5, 0.6) is 0 Å². The maximum Gasteiger partial charge on any atom is 0.490 e. The van der Waals surface area contributed by atoms with Gasteiger partial charge < -0.3 is 35.2 Å². The number of phosphoric acid groups is 3. The van der Waals surface area contributed by atoms with Gasteiger partial charge >= 0.3 is 29.2 Å². The van der Waals surface area contributed by atoms with Crippen LogP contribution in [0.4, 0.5) is 4.39 Å². The van der Waals surface area contributed by atoms with Gasteiger partial charge in [-0.3, -0.25) is 18.9 Å². The van der Waals surface area contributed by atoms with Gasteiger partial charge in [0.1, 0.15) is 12.2 Å². The number of aliphatic hydroxyl groups is 1. The van der Waals surface area contributed by atoms with E-state index in [1.807, 2.05) is 5.92 Å². The van der Waals surface area contributed by atoms with Crippen LogP contribution in [0.3, 0.4) is 0 Å². The molecule has 3 unspecified atom stereocenters. The number of aromatic nitrogens is 2. The highest BCUT2D eigenvalue weighted by atomic mass is 31.3. The quantitative estimate of drug-likeness (QED) is 0.138. The summed E-state index contributed by atoms with van der Waals surface area (Å²) in [7, 11) is -17.0. The summed E-state index contributed by atoms with van der Waals surface area (Å²) in [6.45, 7) is -1.16. The highest BCUT2D eigenvalue weighted by Crippen LogP contribution is 2.66. The van der Waals surface area contributed by atoms with E-state index in [1.54, 1.807) is 4.98 Å². The Kier molecular flexibility index (Phi) is 7.52. The lowest BCUT2D eigenvalue weighted by atomic mass is 9.92. The van der Waals surface area contributed by atoms with Crippen molar-refractivity contribution in [2.45, 2.75) is 24.0 Å². The van der Waals surface area contributed by atoms with Gasteiger partial charge in [0, 0.05) is 0 Å². The molecule has 0 saturated carbocycles. The van der Waals surface area contributed by atoms with E-state index in [2.05, 4.69) is 13.1 Å². The molecule has 0 amide bonds. The first-order chi connectivity index (χ1) is 14.4. The van der Waals surface area contributed by atoms with E-state index in [9.17, 15) is 37.7 Å². The molecule has 0 bridgehead atoms. The number of aromatic amines is 1. The predicted molar refractivity (Wildman–Crippen MR) is 96.8 cm³/mol. The van der Waals surface area contributed by atoms with Crippen molar-refractivity contribution in [2.75, 3.05) is 6.61 Å². The second-order valence-corrected chi connectivity index (χ2v) is 10.5. The first-order valence-electron chi connectivity index (χ1n) is 7.80. The number of terminal acetylenes is 1. The van der Waals surface area contributed by atoms with E-state index in [4.69, 9.17) is 31.6 Å². The number of ether oxygens (including phenoxy) is 1. The molecule has 0 aliphatic carbocycles. The van der Waals surface area contributed by atoms with Crippen LogP contribution in [-0.2, 0) is 31.6 Å². The van der Waals surface area contributed by atoms with Crippen molar-refractivity contribution in [2.24, 2.45) is 5.73 Å². The van der Waals surface area contributed by atoms with Crippen molar-refractivity contribution in [1.82, 2.24) is 9.55 Å². The number of rotatable bonds is 8. The Balaban J connectivity index is 2.23. The molecule has 17 nitrogen and oxygen atoms in total. The van der Waals surface area contributed by atoms with E-state index in [0.29, 0.717) is 10.8 Å². The predicted octanol–water partition coefficient (Wildman–Crippen LogP) is -2.39. The number of phosphoric ester groups is 1. The number of nitrogens with two attached hydrogens (primary N) is 1.